The van der Waals surface area contributed by atoms with E-state index in [1.807, 2.05) is 6.92 Å². The molecule has 0 aromatic carbocycles. The molecule has 0 aromatic heterocycles. The second kappa shape index (κ2) is 7.60. The van der Waals surface area contributed by atoms with Crippen LogP contribution < -0.4 is 5.73 Å². The highest BCUT2D eigenvalue weighted by Gasteiger charge is 2.05. The molecule has 0 aromatic rings. The van der Waals surface area contributed by atoms with Crippen LogP contribution in [0.2, 0.25) is 0 Å². The largest absolute Gasteiger partial charge is 0.366 e. The number of nitrogens with two attached hydrogens (primary N) is 1. The standard InChI is InChI=1S/C12H23NO/c1-4-6-7-8-9-11(5-2)10(3)12(13)14/h4-9H2,1-3H3,(H2,13,14). The highest BCUT2D eigenvalue weighted by Crippen LogP contribution is 2.16. The predicted molar refractivity (Wildman–Crippen MR) is 60.9 cm³/mol. The summed E-state index contributed by atoms with van der Waals surface area (Å²) in [6.07, 6.45) is 6.95. The molecule has 0 aliphatic heterocycles. The fourth-order valence-corrected chi connectivity index (χ4v) is 1.57. The first-order valence-corrected chi connectivity index (χ1v) is 5.61. The van der Waals surface area contributed by atoms with E-state index < -0.39 is 0 Å². The molecule has 2 heteroatoms. The van der Waals surface area contributed by atoms with Gasteiger partial charge in [-0.25, -0.2) is 0 Å². The number of allylic oxidation sites excluding steroid dienone is 1. The Balaban J connectivity index is 4.02. The summed E-state index contributed by atoms with van der Waals surface area (Å²) in [7, 11) is 0. The lowest BCUT2D eigenvalue weighted by atomic mass is 9.99. The van der Waals surface area contributed by atoms with Crippen LogP contribution >= 0.6 is 0 Å². The van der Waals surface area contributed by atoms with E-state index in [2.05, 4.69) is 13.8 Å². The lowest BCUT2D eigenvalue weighted by molar-refractivity contribution is -0.114. The fourth-order valence-electron chi connectivity index (χ4n) is 1.57. The molecule has 0 unspecified atom stereocenters. The number of amides is 1. The first-order valence-electron chi connectivity index (χ1n) is 5.61. The van der Waals surface area contributed by atoms with Gasteiger partial charge in [-0.15, -0.1) is 0 Å². The third kappa shape index (κ3) is 5.05. The smallest absolute Gasteiger partial charge is 0.244 e. The van der Waals surface area contributed by atoms with Crippen LogP contribution in [-0.4, -0.2) is 5.91 Å². The highest BCUT2D eigenvalue weighted by atomic mass is 16.1. The second-order valence-corrected chi connectivity index (χ2v) is 3.76. The van der Waals surface area contributed by atoms with Gasteiger partial charge in [0.15, 0.2) is 0 Å². The quantitative estimate of drug-likeness (QED) is 0.494. The number of carbonyl (C=O) groups is 1. The van der Waals surface area contributed by atoms with Crippen molar-refractivity contribution in [2.75, 3.05) is 0 Å². The summed E-state index contributed by atoms with van der Waals surface area (Å²) in [6.45, 7) is 6.12. The van der Waals surface area contributed by atoms with Gasteiger partial charge in [-0.2, -0.15) is 0 Å². The van der Waals surface area contributed by atoms with Gasteiger partial charge in [-0.1, -0.05) is 38.7 Å². The lowest BCUT2D eigenvalue weighted by Crippen LogP contribution is -2.13. The summed E-state index contributed by atoms with van der Waals surface area (Å²) in [5, 5.41) is 0. The fraction of sp³-hybridized carbons (Fsp3) is 0.750. The van der Waals surface area contributed by atoms with E-state index in [1.54, 1.807) is 0 Å². The summed E-state index contributed by atoms with van der Waals surface area (Å²) >= 11 is 0. The molecule has 0 aliphatic carbocycles. The Bertz CT molecular complexity index is 206. The van der Waals surface area contributed by atoms with Gasteiger partial charge >= 0.3 is 0 Å². The molecule has 0 heterocycles. The van der Waals surface area contributed by atoms with Crippen molar-refractivity contribution in [3.8, 4) is 0 Å². The lowest BCUT2D eigenvalue weighted by Gasteiger charge is -2.07. The molecule has 1 amide bonds. The maximum Gasteiger partial charge on any atom is 0.244 e. The minimum atomic E-state index is -0.266. The number of rotatable bonds is 7. The molecular formula is C12H23NO. The molecule has 2 nitrogen and oxygen atoms in total. The Kier molecular flexibility index (Phi) is 7.17. The van der Waals surface area contributed by atoms with Crippen LogP contribution in [0, 0.1) is 0 Å². The summed E-state index contributed by atoms with van der Waals surface area (Å²) in [4.78, 5) is 11.0. The summed E-state index contributed by atoms with van der Waals surface area (Å²) in [6, 6.07) is 0. The number of primary amides is 1. The van der Waals surface area contributed by atoms with Crippen molar-refractivity contribution < 1.29 is 4.79 Å². The van der Waals surface area contributed by atoms with Crippen molar-refractivity contribution in [2.45, 2.75) is 59.3 Å². The van der Waals surface area contributed by atoms with Gasteiger partial charge in [0.05, 0.1) is 0 Å². The summed E-state index contributed by atoms with van der Waals surface area (Å²) in [5.41, 5.74) is 7.24. The zero-order chi connectivity index (χ0) is 11.0. The molecule has 0 saturated carbocycles. The van der Waals surface area contributed by atoms with Crippen LogP contribution in [0.5, 0.6) is 0 Å². The Morgan fingerprint density at radius 2 is 1.79 bits per heavy atom. The van der Waals surface area contributed by atoms with Gasteiger partial charge in [0.25, 0.3) is 0 Å². The Hall–Kier alpha value is -0.790. The van der Waals surface area contributed by atoms with Crippen molar-refractivity contribution >= 4 is 5.91 Å². The highest BCUT2D eigenvalue weighted by molar-refractivity contribution is 5.92. The van der Waals surface area contributed by atoms with Crippen LogP contribution in [0.1, 0.15) is 59.3 Å². The SMILES string of the molecule is CCCCCCC(CC)=C(C)C(N)=O. The van der Waals surface area contributed by atoms with Crippen LogP contribution in [0.25, 0.3) is 0 Å². The van der Waals surface area contributed by atoms with E-state index in [-0.39, 0.29) is 5.91 Å². The van der Waals surface area contributed by atoms with Gasteiger partial charge in [0.1, 0.15) is 0 Å². The normalized spacial score (nSPS) is 12.5. The monoisotopic (exact) mass is 197 g/mol. The molecule has 82 valence electrons. The molecule has 0 spiro atoms. The topological polar surface area (TPSA) is 43.1 Å². The minimum absolute atomic E-state index is 0.266. The van der Waals surface area contributed by atoms with Gasteiger partial charge < -0.3 is 5.73 Å². The van der Waals surface area contributed by atoms with E-state index in [0.717, 1.165) is 18.4 Å². The molecule has 0 radical (unpaired) electrons. The minimum Gasteiger partial charge on any atom is -0.366 e. The maximum absolute atomic E-state index is 11.0. The summed E-state index contributed by atoms with van der Waals surface area (Å²) in [5.74, 6) is -0.266. The predicted octanol–water partition coefficient (Wildman–Crippen LogP) is 3.17. The van der Waals surface area contributed by atoms with Crippen LogP contribution in [-0.2, 0) is 4.79 Å². The van der Waals surface area contributed by atoms with Crippen molar-refractivity contribution in [1.29, 1.82) is 0 Å². The van der Waals surface area contributed by atoms with Gasteiger partial charge in [0.2, 0.25) is 5.91 Å². The maximum atomic E-state index is 11.0. The zero-order valence-electron chi connectivity index (χ0n) is 9.73. The van der Waals surface area contributed by atoms with E-state index in [1.165, 1.54) is 31.3 Å². The van der Waals surface area contributed by atoms with E-state index in [9.17, 15) is 4.79 Å². The molecule has 0 fully saturated rings. The number of unbranched alkanes of at least 4 members (excludes halogenated alkanes) is 3. The van der Waals surface area contributed by atoms with Gasteiger partial charge in [-0.05, 0) is 26.2 Å². The zero-order valence-corrected chi connectivity index (χ0v) is 9.73. The molecule has 0 rings (SSSR count). The van der Waals surface area contributed by atoms with Gasteiger partial charge in [-0.3, -0.25) is 4.79 Å². The molecular weight excluding hydrogens is 174 g/mol. The first kappa shape index (κ1) is 13.2. The molecule has 0 saturated heterocycles. The Morgan fingerprint density at radius 3 is 2.21 bits per heavy atom. The van der Waals surface area contributed by atoms with Crippen molar-refractivity contribution in [1.82, 2.24) is 0 Å². The average Bonchev–Trinajstić information content (AvgIpc) is 2.17. The molecule has 0 aliphatic rings. The van der Waals surface area contributed by atoms with Crippen molar-refractivity contribution in [3.63, 3.8) is 0 Å². The number of carbonyl (C=O) groups excluding carboxylic acids is 1. The number of hydrogen-bond acceptors (Lipinski definition) is 1. The van der Waals surface area contributed by atoms with Gasteiger partial charge in [0, 0.05) is 5.57 Å². The first-order chi connectivity index (χ1) is 6.63. The van der Waals surface area contributed by atoms with E-state index in [0.29, 0.717) is 0 Å². The van der Waals surface area contributed by atoms with Crippen LogP contribution in [0.3, 0.4) is 0 Å². The number of hydrogen-bond donors (Lipinski definition) is 1. The van der Waals surface area contributed by atoms with Crippen LogP contribution in [0.15, 0.2) is 11.1 Å². The Labute approximate surface area is 87.6 Å². The summed E-state index contributed by atoms with van der Waals surface area (Å²) < 4.78 is 0. The third-order valence-electron chi connectivity index (χ3n) is 2.66. The van der Waals surface area contributed by atoms with Crippen molar-refractivity contribution in [3.05, 3.63) is 11.1 Å². The van der Waals surface area contributed by atoms with E-state index in [4.69, 9.17) is 5.73 Å². The van der Waals surface area contributed by atoms with E-state index >= 15 is 0 Å². The Morgan fingerprint density at radius 1 is 1.14 bits per heavy atom. The molecule has 14 heavy (non-hydrogen) atoms. The average molecular weight is 197 g/mol. The third-order valence-corrected chi connectivity index (χ3v) is 2.66. The molecule has 2 N–H and O–H groups in total. The molecule has 0 atom stereocenters. The molecule has 0 bridgehead atoms. The van der Waals surface area contributed by atoms with Crippen molar-refractivity contribution in [2.24, 2.45) is 5.73 Å². The van der Waals surface area contributed by atoms with Crippen LogP contribution in [0.4, 0.5) is 0 Å². The second-order valence-electron chi connectivity index (χ2n) is 3.76.